The van der Waals surface area contributed by atoms with Crippen molar-refractivity contribution in [3.05, 3.63) is 0 Å². The molecule has 1 N–H and O–H groups in total. The summed E-state index contributed by atoms with van der Waals surface area (Å²) in [5.41, 5.74) is 0.317. The lowest BCUT2D eigenvalue weighted by molar-refractivity contribution is -0.0336. The fraction of sp³-hybridized carbons (Fsp3) is 1.00. The number of nitrogens with one attached hydrogen (secondary N) is 1. The molecule has 1 saturated heterocycles. The van der Waals surface area contributed by atoms with Gasteiger partial charge in [0.15, 0.2) is 0 Å². The monoisotopic (exact) mass is 143 g/mol. The van der Waals surface area contributed by atoms with Crippen LogP contribution in [0.3, 0.4) is 0 Å². The Labute approximate surface area is 63.0 Å². The molecule has 1 heterocycles. The van der Waals surface area contributed by atoms with E-state index in [1.165, 1.54) is 6.42 Å². The molecule has 60 valence electrons. The molecule has 1 aliphatic heterocycles. The van der Waals surface area contributed by atoms with Crippen molar-refractivity contribution in [2.24, 2.45) is 0 Å². The van der Waals surface area contributed by atoms with Crippen molar-refractivity contribution >= 4 is 0 Å². The standard InChI is InChI=1S/C8H17NO/c1-4-8(3)5-6-10-7(2)9-8/h7,9H,4-6H2,1-3H3. The summed E-state index contributed by atoms with van der Waals surface area (Å²) in [6.07, 6.45) is 2.55. The zero-order valence-electron chi connectivity index (χ0n) is 7.11. The Kier molecular flexibility index (Phi) is 2.32. The molecule has 0 aliphatic carbocycles. The van der Waals surface area contributed by atoms with Gasteiger partial charge in [-0.25, -0.2) is 0 Å². The molecule has 2 nitrogen and oxygen atoms in total. The van der Waals surface area contributed by atoms with Crippen molar-refractivity contribution in [2.45, 2.75) is 45.4 Å². The molecule has 0 bridgehead atoms. The molecule has 2 atom stereocenters. The van der Waals surface area contributed by atoms with Gasteiger partial charge in [0.2, 0.25) is 0 Å². The molecule has 1 aliphatic rings. The van der Waals surface area contributed by atoms with Crippen LogP contribution >= 0.6 is 0 Å². The van der Waals surface area contributed by atoms with Crippen LogP contribution in [0.1, 0.15) is 33.6 Å². The van der Waals surface area contributed by atoms with Crippen LogP contribution in [-0.4, -0.2) is 18.4 Å². The van der Waals surface area contributed by atoms with E-state index in [1.54, 1.807) is 0 Å². The molecule has 1 rings (SSSR count). The van der Waals surface area contributed by atoms with Gasteiger partial charge in [0, 0.05) is 5.54 Å². The topological polar surface area (TPSA) is 21.3 Å². The summed E-state index contributed by atoms with van der Waals surface area (Å²) >= 11 is 0. The van der Waals surface area contributed by atoms with Crippen molar-refractivity contribution in [3.63, 3.8) is 0 Å². The predicted octanol–water partition coefficient (Wildman–Crippen LogP) is 1.51. The molecule has 0 radical (unpaired) electrons. The smallest absolute Gasteiger partial charge is 0.105 e. The molecule has 0 aromatic carbocycles. The first-order valence-corrected chi connectivity index (χ1v) is 4.05. The van der Waals surface area contributed by atoms with Gasteiger partial charge in [-0.1, -0.05) is 6.92 Å². The van der Waals surface area contributed by atoms with Crippen LogP contribution in [0.15, 0.2) is 0 Å². The highest BCUT2D eigenvalue weighted by Crippen LogP contribution is 2.19. The van der Waals surface area contributed by atoms with Crippen LogP contribution in [0.4, 0.5) is 0 Å². The molecule has 2 unspecified atom stereocenters. The van der Waals surface area contributed by atoms with Gasteiger partial charge in [-0.2, -0.15) is 0 Å². The summed E-state index contributed by atoms with van der Waals surface area (Å²) in [7, 11) is 0. The fourth-order valence-corrected chi connectivity index (χ4v) is 1.34. The van der Waals surface area contributed by atoms with Gasteiger partial charge in [0.25, 0.3) is 0 Å². The van der Waals surface area contributed by atoms with Crippen LogP contribution in [0, 0.1) is 0 Å². The van der Waals surface area contributed by atoms with Gasteiger partial charge < -0.3 is 4.74 Å². The van der Waals surface area contributed by atoms with Gasteiger partial charge >= 0.3 is 0 Å². The molecule has 0 aromatic heterocycles. The summed E-state index contributed by atoms with van der Waals surface area (Å²) in [4.78, 5) is 0. The van der Waals surface area contributed by atoms with Crippen molar-refractivity contribution in [1.82, 2.24) is 5.32 Å². The molecule has 0 amide bonds. The van der Waals surface area contributed by atoms with Gasteiger partial charge in [-0.05, 0) is 26.7 Å². The normalized spacial score (nSPS) is 41.7. The Morgan fingerprint density at radius 2 is 2.40 bits per heavy atom. The van der Waals surface area contributed by atoms with E-state index in [4.69, 9.17) is 4.74 Å². The molecule has 0 saturated carbocycles. The Bertz CT molecular complexity index is 116. The third kappa shape index (κ3) is 1.70. The predicted molar refractivity (Wildman–Crippen MR) is 41.9 cm³/mol. The van der Waals surface area contributed by atoms with E-state index >= 15 is 0 Å². The lowest BCUT2D eigenvalue weighted by atomic mass is 9.94. The van der Waals surface area contributed by atoms with E-state index in [2.05, 4.69) is 26.1 Å². The Morgan fingerprint density at radius 1 is 1.70 bits per heavy atom. The van der Waals surface area contributed by atoms with E-state index in [9.17, 15) is 0 Å². The van der Waals surface area contributed by atoms with Gasteiger partial charge in [-0.3, -0.25) is 5.32 Å². The van der Waals surface area contributed by atoms with Crippen molar-refractivity contribution in [1.29, 1.82) is 0 Å². The minimum atomic E-state index is 0.235. The number of rotatable bonds is 1. The quantitative estimate of drug-likeness (QED) is 0.600. The minimum absolute atomic E-state index is 0.235. The zero-order valence-corrected chi connectivity index (χ0v) is 7.11. The van der Waals surface area contributed by atoms with Gasteiger partial charge in [-0.15, -0.1) is 0 Å². The first kappa shape index (κ1) is 8.02. The van der Waals surface area contributed by atoms with E-state index in [-0.39, 0.29) is 6.23 Å². The lowest BCUT2D eigenvalue weighted by Gasteiger charge is -2.37. The van der Waals surface area contributed by atoms with E-state index in [0.717, 1.165) is 13.0 Å². The second kappa shape index (κ2) is 2.89. The maximum absolute atomic E-state index is 5.36. The SMILES string of the molecule is CCC1(C)CCOC(C)N1. The summed E-state index contributed by atoms with van der Waals surface area (Å²) < 4.78 is 5.36. The minimum Gasteiger partial charge on any atom is -0.364 e. The Morgan fingerprint density at radius 3 is 2.80 bits per heavy atom. The highest BCUT2D eigenvalue weighted by molar-refractivity contribution is 4.84. The molecule has 10 heavy (non-hydrogen) atoms. The average molecular weight is 143 g/mol. The van der Waals surface area contributed by atoms with Crippen LogP contribution in [0.25, 0.3) is 0 Å². The fourth-order valence-electron chi connectivity index (χ4n) is 1.34. The first-order valence-electron chi connectivity index (χ1n) is 4.05. The van der Waals surface area contributed by atoms with E-state index in [0.29, 0.717) is 5.54 Å². The second-order valence-corrected chi connectivity index (χ2v) is 3.32. The van der Waals surface area contributed by atoms with Gasteiger partial charge in [0.05, 0.1) is 6.61 Å². The molecule has 0 spiro atoms. The lowest BCUT2D eigenvalue weighted by Crippen LogP contribution is -2.52. The van der Waals surface area contributed by atoms with Crippen LogP contribution in [0.2, 0.25) is 0 Å². The maximum Gasteiger partial charge on any atom is 0.105 e. The molecule has 0 aromatic rings. The van der Waals surface area contributed by atoms with Crippen LogP contribution in [-0.2, 0) is 4.74 Å². The molecular weight excluding hydrogens is 126 g/mol. The molecule has 2 heteroatoms. The Hall–Kier alpha value is -0.0800. The molecule has 1 fully saturated rings. The van der Waals surface area contributed by atoms with E-state index < -0.39 is 0 Å². The maximum atomic E-state index is 5.36. The highest BCUT2D eigenvalue weighted by Gasteiger charge is 2.27. The highest BCUT2D eigenvalue weighted by atomic mass is 16.5. The summed E-state index contributed by atoms with van der Waals surface area (Å²) in [6, 6.07) is 0. The third-order valence-corrected chi connectivity index (χ3v) is 2.35. The first-order chi connectivity index (χ1) is 4.66. The van der Waals surface area contributed by atoms with E-state index in [1.807, 2.05) is 0 Å². The number of ether oxygens (including phenoxy) is 1. The third-order valence-electron chi connectivity index (χ3n) is 2.35. The van der Waals surface area contributed by atoms with Crippen molar-refractivity contribution in [3.8, 4) is 0 Å². The number of hydrogen-bond acceptors (Lipinski definition) is 2. The molecular formula is C8H17NO. The summed E-state index contributed by atoms with van der Waals surface area (Å²) in [5, 5.41) is 3.42. The average Bonchev–Trinajstić information content (AvgIpc) is 1.88. The zero-order chi connectivity index (χ0) is 7.61. The summed E-state index contributed by atoms with van der Waals surface area (Å²) in [6.45, 7) is 7.43. The van der Waals surface area contributed by atoms with Crippen LogP contribution in [0.5, 0.6) is 0 Å². The summed E-state index contributed by atoms with van der Waals surface area (Å²) in [5.74, 6) is 0. The second-order valence-electron chi connectivity index (χ2n) is 3.32. The van der Waals surface area contributed by atoms with Crippen molar-refractivity contribution in [2.75, 3.05) is 6.61 Å². The van der Waals surface area contributed by atoms with Crippen molar-refractivity contribution < 1.29 is 4.74 Å². The largest absolute Gasteiger partial charge is 0.364 e. The van der Waals surface area contributed by atoms with Gasteiger partial charge in [0.1, 0.15) is 6.23 Å². The Balaban J connectivity index is 2.45. The van der Waals surface area contributed by atoms with Crippen LogP contribution < -0.4 is 5.32 Å². The number of hydrogen-bond donors (Lipinski definition) is 1.